The second-order valence-electron chi connectivity index (χ2n) is 5.24. The van der Waals surface area contributed by atoms with Gasteiger partial charge in [-0.05, 0) is 43.9 Å². The molecule has 2 aromatic rings. The molecule has 110 valence electrons. The van der Waals surface area contributed by atoms with Crippen LogP contribution in [-0.4, -0.2) is 11.0 Å². The minimum absolute atomic E-state index is 0.0586. The van der Waals surface area contributed by atoms with E-state index in [1.54, 1.807) is 11.3 Å². The van der Waals surface area contributed by atoms with Crippen molar-refractivity contribution in [2.24, 2.45) is 5.73 Å². The maximum atomic E-state index is 12.0. The van der Waals surface area contributed by atoms with Crippen LogP contribution in [-0.2, 0) is 12.8 Å². The van der Waals surface area contributed by atoms with Crippen molar-refractivity contribution in [3.8, 4) is 0 Å². The van der Waals surface area contributed by atoms with Crippen molar-refractivity contribution in [1.29, 1.82) is 0 Å². The zero-order chi connectivity index (χ0) is 14.8. The van der Waals surface area contributed by atoms with Crippen LogP contribution in [0.5, 0.6) is 0 Å². The minimum Gasteiger partial charge on any atom is -0.324 e. The molecule has 6 heteroatoms. The van der Waals surface area contributed by atoms with Crippen molar-refractivity contribution in [3.05, 3.63) is 40.4 Å². The van der Waals surface area contributed by atoms with Crippen molar-refractivity contribution < 1.29 is 4.79 Å². The van der Waals surface area contributed by atoms with Gasteiger partial charge in [-0.2, -0.15) is 0 Å². The Labute approximate surface area is 127 Å². The Morgan fingerprint density at radius 2 is 2.24 bits per heavy atom. The molecule has 1 heterocycles. The summed E-state index contributed by atoms with van der Waals surface area (Å²) in [5, 5.41) is 6.27. The Balaban J connectivity index is 1.64. The summed E-state index contributed by atoms with van der Waals surface area (Å²) in [4.78, 5) is 17.7. The highest BCUT2D eigenvalue weighted by Crippen LogP contribution is 2.30. The molecule has 1 aliphatic rings. The van der Waals surface area contributed by atoms with Gasteiger partial charge in [0.1, 0.15) is 0 Å². The van der Waals surface area contributed by atoms with Gasteiger partial charge in [-0.25, -0.2) is 9.78 Å². The predicted octanol–water partition coefficient (Wildman–Crippen LogP) is 3.30. The van der Waals surface area contributed by atoms with Gasteiger partial charge in [0.25, 0.3) is 0 Å². The number of nitrogens with zero attached hydrogens (tertiary/aromatic N) is 1. The first kappa shape index (κ1) is 14.0. The number of hydrogen-bond donors (Lipinski definition) is 3. The summed E-state index contributed by atoms with van der Waals surface area (Å²) in [7, 11) is 0. The number of fused-ring (bicyclic) bond motifs is 1. The van der Waals surface area contributed by atoms with E-state index in [1.807, 2.05) is 31.2 Å². The second-order valence-corrected chi connectivity index (χ2v) is 6.32. The maximum Gasteiger partial charge on any atom is 0.325 e. The van der Waals surface area contributed by atoms with Crippen molar-refractivity contribution in [3.63, 3.8) is 0 Å². The average molecular weight is 302 g/mol. The van der Waals surface area contributed by atoms with Crippen LogP contribution in [0.15, 0.2) is 24.3 Å². The summed E-state index contributed by atoms with van der Waals surface area (Å²) in [6.45, 7) is 1.91. The Kier molecular flexibility index (Phi) is 3.90. The van der Waals surface area contributed by atoms with Gasteiger partial charge in [-0.1, -0.05) is 12.1 Å². The number of anilines is 2. The quantitative estimate of drug-likeness (QED) is 0.814. The number of aromatic nitrogens is 1. The van der Waals surface area contributed by atoms with Crippen LogP contribution < -0.4 is 16.4 Å². The number of amides is 2. The first-order valence-electron chi connectivity index (χ1n) is 7.04. The number of urea groups is 1. The molecule has 1 aliphatic carbocycles. The maximum absolute atomic E-state index is 12.0. The molecule has 4 N–H and O–H groups in total. The van der Waals surface area contributed by atoms with Crippen LogP contribution in [0.3, 0.4) is 0 Å². The Morgan fingerprint density at radius 3 is 3.00 bits per heavy atom. The molecule has 0 bridgehead atoms. The first-order chi connectivity index (χ1) is 10.1. The standard InChI is InChI=1S/C15H18N4OS/c1-9(16)10-4-2-5-11(8-10)17-14(20)19-15-18-12-6-3-7-13(12)21-15/h2,4-5,8-9H,3,6-7,16H2,1H3,(H2,17,18,19,20). The van der Waals surface area contributed by atoms with Gasteiger partial charge in [-0.15, -0.1) is 11.3 Å². The fraction of sp³-hybridized carbons (Fsp3) is 0.333. The lowest BCUT2D eigenvalue weighted by Crippen LogP contribution is -2.19. The Morgan fingerprint density at radius 1 is 1.38 bits per heavy atom. The smallest absolute Gasteiger partial charge is 0.324 e. The van der Waals surface area contributed by atoms with Gasteiger partial charge in [0.2, 0.25) is 0 Å². The Bertz CT molecular complexity index is 644. The summed E-state index contributed by atoms with van der Waals surface area (Å²) in [6.07, 6.45) is 3.27. The van der Waals surface area contributed by atoms with Crippen LogP contribution in [0, 0.1) is 0 Å². The van der Waals surface area contributed by atoms with Crippen LogP contribution in [0.1, 0.15) is 35.5 Å². The van der Waals surface area contributed by atoms with E-state index in [0.29, 0.717) is 5.13 Å². The molecular weight excluding hydrogens is 284 g/mol. The van der Waals surface area contributed by atoms with E-state index in [4.69, 9.17) is 5.73 Å². The lowest BCUT2D eigenvalue weighted by molar-refractivity contribution is 0.262. The topological polar surface area (TPSA) is 80.0 Å². The highest BCUT2D eigenvalue weighted by atomic mass is 32.1. The molecule has 0 saturated carbocycles. The molecular formula is C15H18N4OS. The molecule has 1 aromatic carbocycles. The molecule has 0 spiro atoms. The third-order valence-corrected chi connectivity index (χ3v) is 4.56. The highest BCUT2D eigenvalue weighted by molar-refractivity contribution is 7.15. The Hall–Kier alpha value is -1.92. The normalized spacial score (nSPS) is 14.6. The number of aryl methyl sites for hydroxylation is 2. The van der Waals surface area contributed by atoms with Gasteiger partial charge in [0.15, 0.2) is 5.13 Å². The van der Waals surface area contributed by atoms with Gasteiger partial charge in [-0.3, -0.25) is 5.32 Å². The summed E-state index contributed by atoms with van der Waals surface area (Å²) in [5.74, 6) is 0. The van der Waals surface area contributed by atoms with E-state index >= 15 is 0 Å². The number of nitrogens with two attached hydrogens (primary N) is 1. The van der Waals surface area contributed by atoms with Crippen LogP contribution in [0.2, 0.25) is 0 Å². The van der Waals surface area contributed by atoms with Gasteiger partial charge in [0.05, 0.1) is 5.69 Å². The second kappa shape index (κ2) is 5.83. The van der Waals surface area contributed by atoms with Crippen LogP contribution in [0.25, 0.3) is 0 Å². The number of thiazole rings is 1. The average Bonchev–Trinajstić information content (AvgIpc) is 2.99. The molecule has 1 atom stereocenters. The summed E-state index contributed by atoms with van der Waals surface area (Å²) < 4.78 is 0. The van der Waals surface area contributed by atoms with E-state index in [-0.39, 0.29) is 12.1 Å². The van der Waals surface area contributed by atoms with E-state index < -0.39 is 0 Å². The molecule has 21 heavy (non-hydrogen) atoms. The number of rotatable bonds is 3. The zero-order valence-corrected chi connectivity index (χ0v) is 12.7. The highest BCUT2D eigenvalue weighted by Gasteiger charge is 2.17. The fourth-order valence-electron chi connectivity index (χ4n) is 2.40. The summed E-state index contributed by atoms with van der Waals surface area (Å²) in [6, 6.07) is 7.21. The monoisotopic (exact) mass is 302 g/mol. The SMILES string of the molecule is CC(N)c1cccc(NC(=O)Nc2nc3c(s2)CCC3)c1. The number of hydrogen-bond acceptors (Lipinski definition) is 4. The van der Waals surface area contributed by atoms with Gasteiger partial charge >= 0.3 is 6.03 Å². The molecule has 0 fully saturated rings. The van der Waals surface area contributed by atoms with Crippen LogP contribution in [0.4, 0.5) is 15.6 Å². The van der Waals surface area contributed by atoms with Gasteiger partial charge in [0, 0.05) is 16.6 Å². The number of nitrogens with one attached hydrogen (secondary N) is 2. The third kappa shape index (κ3) is 3.22. The van der Waals surface area contributed by atoms with Crippen molar-refractivity contribution in [2.45, 2.75) is 32.2 Å². The molecule has 1 unspecified atom stereocenters. The predicted molar refractivity (Wildman–Crippen MR) is 85.8 cm³/mol. The lowest BCUT2D eigenvalue weighted by atomic mass is 10.1. The first-order valence-corrected chi connectivity index (χ1v) is 7.85. The fourth-order valence-corrected chi connectivity index (χ4v) is 3.45. The number of carbonyl (C=O) groups excluding carboxylic acids is 1. The van der Waals surface area contributed by atoms with Gasteiger partial charge < -0.3 is 11.1 Å². The molecule has 3 rings (SSSR count). The number of benzene rings is 1. The van der Waals surface area contributed by atoms with E-state index in [1.165, 1.54) is 11.3 Å². The minimum atomic E-state index is -0.274. The van der Waals surface area contributed by atoms with E-state index in [9.17, 15) is 4.79 Å². The largest absolute Gasteiger partial charge is 0.325 e. The zero-order valence-electron chi connectivity index (χ0n) is 11.8. The van der Waals surface area contributed by atoms with Crippen LogP contribution >= 0.6 is 11.3 Å². The molecule has 0 radical (unpaired) electrons. The summed E-state index contributed by atoms with van der Waals surface area (Å²) >= 11 is 1.57. The molecule has 1 aromatic heterocycles. The summed E-state index contributed by atoms with van der Waals surface area (Å²) in [5.41, 5.74) is 8.69. The third-order valence-electron chi connectivity index (χ3n) is 3.49. The molecule has 0 saturated heterocycles. The molecule has 0 aliphatic heterocycles. The van der Waals surface area contributed by atoms with E-state index in [0.717, 1.165) is 29.8 Å². The number of carbonyl (C=O) groups is 1. The van der Waals surface area contributed by atoms with Crippen molar-refractivity contribution in [2.75, 3.05) is 10.6 Å². The molecule has 2 amide bonds. The van der Waals surface area contributed by atoms with E-state index in [2.05, 4.69) is 15.6 Å². The molecule has 5 nitrogen and oxygen atoms in total. The van der Waals surface area contributed by atoms with Crippen molar-refractivity contribution in [1.82, 2.24) is 4.98 Å². The van der Waals surface area contributed by atoms with Crippen molar-refractivity contribution >= 4 is 28.2 Å². The lowest BCUT2D eigenvalue weighted by Gasteiger charge is -2.09.